The highest BCUT2D eigenvalue weighted by Crippen LogP contribution is 2.27. The van der Waals surface area contributed by atoms with Crippen molar-refractivity contribution in [3.8, 4) is 0 Å². The van der Waals surface area contributed by atoms with Gasteiger partial charge in [0.05, 0.1) is 14.2 Å². The number of aliphatic hydroxyl groups is 4. The van der Waals surface area contributed by atoms with Crippen molar-refractivity contribution in [2.45, 2.75) is 51.4 Å². The zero-order valence-electron chi connectivity index (χ0n) is 15.2. The van der Waals surface area contributed by atoms with Crippen molar-refractivity contribution >= 4 is 6.16 Å². The van der Waals surface area contributed by atoms with Crippen molar-refractivity contribution in [2.75, 3.05) is 40.6 Å². The van der Waals surface area contributed by atoms with Crippen LogP contribution in [0.3, 0.4) is 0 Å². The Morgan fingerprint density at radius 2 is 1.08 bits per heavy atom. The molecule has 0 aliphatic heterocycles. The highest BCUT2D eigenvalue weighted by molar-refractivity contribution is 5.59. The number of carbonyl (C=O) groups excluding carboxylic acids is 1. The maximum Gasteiger partial charge on any atom is 0.507 e. The fourth-order valence-corrected chi connectivity index (χ4v) is 2.26. The van der Waals surface area contributed by atoms with E-state index in [1.807, 2.05) is 0 Å². The summed E-state index contributed by atoms with van der Waals surface area (Å²) in [5, 5.41) is 34.2. The third-order valence-corrected chi connectivity index (χ3v) is 3.88. The van der Waals surface area contributed by atoms with Crippen molar-refractivity contribution in [1.29, 1.82) is 0 Å². The Kier molecular flexibility index (Phi) is 21.3. The topological polar surface area (TPSA) is 116 Å². The Balaban J connectivity index is 0. The molecule has 0 spiro atoms. The first-order valence-corrected chi connectivity index (χ1v) is 8.64. The predicted octanol–water partition coefficient (Wildman–Crippen LogP) is 1.71. The first kappa shape index (κ1) is 25.4. The summed E-state index contributed by atoms with van der Waals surface area (Å²) in [6.45, 7) is 1.23. The molecule has 1 saturated carbocycles. The summed E-state index contributed by atoms with van der Waals surface area (Å²) in [6, 6.07) is 0. The number of rotatable bonds is 7. The van der Waals surface area contributed by atoms with Crippen LogP contribution in [0.25, 0.3) is 0 Å². The summed E-state index contributed by atoms with van der Waals surface area (Å²) >= 11 is 0. The van der Waals surface area contributed by atoms with Gasteiger partial charge in [0.25, 0.3) is 0 Å². The van der Waals surface area contributed by atoms with Crippen LogP contribution in [0.5, 0.6) is 0 Å². The highest BCUT2D eigenvalue weighted by Gasteiger charge is 2.19. The molecular formula is C17H36O7. The first-order valence-electron chi connectivity index (χ1n) is 8.64. The average molecular weight is 352 g/mol. The highest BCUT2D eigenvalue weighted by atomic mass is 16.7. The summed E-state index contributed by atoms with van der Waals surface area (Å²) in [7, 11) is 2.51. The molecule has 0 aromatic heterocycles. The summed E-state index contributed by atoms with van der Waals surface area (Å²) < 4.78 is 8.08. The minimum atomic E-state index is -0.657. The van der Waals surface area contributed by atoms with Gasteiger partial charge in [0.2, 0.25) is 0 Å². The largest absolute Gasteiger partial charge is 0.507 e. The summed E-state index contributed by atoms with van der Waals surface area (Å²) in [5.74, 6) is 1.03. The maximum atomic E-state index is 9.74. The van der Waals surface area contributed by atoms with Gasteiger partial charge in [-0.3, -0.25) is 0 Å². The van der Waals surface area contributed by atoms with Crippen molar-refractivity contribution in [3.63, 3.8) is 0 Å². The summed E-state index contributed by atoms with van der Waals surface area (Å²) in [4.78, 5) is 9.74. The van der Waals surface area contributed by atoms with Gasteiger partial charge >= 0.3 is 6.16 Å². The van der Waals surface area contributed by atoms with Crippen molar-refractivity contribution in [3.05, 3.63) is 0 Å². The minimum absolute atomic E-state index is 0.283. The van der Waals surface area contributed by atoms with E-state index in [9.17, 15) is 4.79 Å². The second kappa shape index (κ2) is 20.2. The van der Waals surface area contributed by atoms with E-state index < -0.39 is 6.16 Å². The Bertz CT molecular complexity index is 229. The van der Waals surface area contributed by atoms with Gasteiger partial charge < -0.3 is 29.9 Å². The molecule has 1 rings (SSSR count). The van der Waals surface area contributed by atoms with E-state index >= 15 is 0 Å². The van der Waals surface area contributed by atoms with Crippen molar-refractivity contribution in [2.24, 2.45) is 11.8 Å². The third-order valence-electron chi connectivity index (χ3n) is 3.88. The lowest BCUT2D eigenvalue weighted by Crippen LogP contribution is -2.19. The zero-order valence-corrected chi connectivity index (χ0v) is 15.2. The fourth-order valence-electron chi connectivity index (χ4n) is 2.26. The van der Waals surface area contributed by atoms with Crippen LogP contribution in [0, 0.1) is 11.8 Å². The van der Waals surface area contributed by atoms with Gasteiger partial charge in [-0.1, -0.05) is 12.8 Å². The quantitative estimate of drug-likeness (QED) is 0.407. The molecule has 1 aliphatic rings. The van der Waals surface area contributed by atoms with E-state index in [-0.39, 0.29) is 13.2 Å². The van der Waals surface area contributed by atoms with E-state index in [0.717, 1.165) is 51.4 Å². The molecule has 1 fully saturated rings. The van der Waals surface area contributed by atoms with Gasteiger partial charge in [0.1, 0.15) is 0 Å². The van der Waals surface area contributed by atoms with Crippen molar-refractivity contribution < 1.29 is 34.7 Å². The van der Waals surface area contributed by atoms with Crippen LogP contribution in [0.2, 0.25) is 0 Å². The van der Waals surface area contributed by atoms with E-state index in [2.05, 4.69) is 9.47 Å². The first-order chi connectivity index (χ1) is 11.6. The molecule has 0 unspecified atom stereocenters. The van der Waals surface area contributed by atoms with Crippen LogP contribution in [0.1, 0.15) is 51.4 Å². The molecule has 7 heteroatoms. The molecular weight excluding hydrogens is 316 g/mol. The van der Waals surface area contributed by atoms with Gasteiger partial charge in [0, 0.05) is 26.4 Å². The number of methoxy groups -OCH3 is 2. The number of hydrogen-bond acceptors (Lipinski definition) is 7. The van der Waals surface area contributed by atoms with Crippen molar-refractivity contribution in [1.82, 2.24) is 0 Å². The van der Waals surface area contributed by atoms with Gasteiger partial charge in [-0.05, 0) is 50.4 Å². The summed E-state index contributed by atoms with van der Waals surface area (Å²) in [6.07, 6.45) is 7.57. The van der Waals surface area contributed by atoms with Crippen LogP contribution in [-0.4, -0.2) is 67.2 Å². The molecule has 0 radical (unpaired) electrons. The standard InChI is InChI=1S/C8H16O2.C6H14O2.C3H6O3/c9-5-7-1-2-8(6-10)4-3-7;7-5-3-1-2-4-6-8;1-5-3(4)6-2/h7-10H,1-6H2;7-8H,1-6H2;1-2H3. The van der Waals surface area contributed by atoms with Crippen LogP contribution < -0.4 is 0 Å². The van der Waals surface area contributed by atoms with E-state index in [1.165, 1.54) is 14.2 Å². The van der Waals surface area contributed by atoms with Crippen LogP contribution in [-0.2, 0) is 9.47 Å². The normalized spacial score (nSPS) is 19.2. The lowest BCUT2D eigenvalue weighted by atomic mass is 9.83. The van der Waals surface area contributed by atoms with E-state index in [1.54, 1.807) is 0 Å². The van der Waals surface area contributed by atoms with Gasteiger partial charge in [-0.2, -0.15) is 0 Å². The Morgan fingerprint density at radius 3 is 1.25 bits per heavy atom. The Hall–Kier alpha value is -0.890. The number of unbranched alkanes of at least 4 members (excludes halogenated alkanes) is 3. The van der Waals surface area contributed by atoms with Crippen LogP contribution in [0.15, 0.2) is 0 Å². The van der Waals surface area contributed by atoms with Gasteiger partial charge in [0.15, 0.2) is 0 Å². The Labute approximate surface area is 145 Å². The summed E-state index contributed by atoms with van der Waals surface area (Å²) in [5.41, 5.74) is 0. The van der Waals surface area contributed by atoms with Gasteiger partial charge in [-0.25, -0.2) is 4.79 Å². The third kappa shape index (κ3) is 17.5. The monoisotopic (exact) mass is 352 g/mol. The maximum absolute atomic E-state index is 9.74. The SMILES string of the molecule is COC(=O)OC.OCC1CCC(CO)CC1.OCCCCCCO. The number of ether oxygens (including phenoxy) is 2. The molecule has 0 atom stereocenters. The Morgan fingerprint density at radius 1 is 0.750 bits per heavy atom. The average Bonchev–Trinajstić information content (AvgIpc) is 2.65. The molecule has 0 saturated heterocycles. The second-order valence-corrected chi connectivity index (χ2v) is 5.77. The molecule has 7 nitrogen and oxygen atoms in total. The molecule has 0 aromatic rings. The molecule has 146 valence electrons. The molecule has 0 bridgehead atoms. The zero-order chi connectivity index (χ0) is 18.6. The smallest absolute Gasteiger partial charge is 0.438 e. The number of carbonyl (C=O) groups is 1. The minimum Gasteiger partial charge on any atom is -0.438 e. The van der Waals surface area contributed by atoms with Crippen LogP contribution >= 0.6 is 0 Å². The molecule has 0 amide bonds. The second-order valence-electron chi connectivity index (χ2n) is 5.77. The molecule has 0 aromatic carbocycles. The van der Waals surface area contributed by atoms with Crippen LogP contribution in [0.4, 0.5) is 4.79 Å². The molecule has 4 N–H and O–H groups in total. The van der Waals surface area contributed by atoms with E-state index in [4.69, 9.17) is 20.4 Å². The lowest BCUT2D eigenvalue weighted by Gasteiger charge is -2.25. The number of hydrogen-bond donors (Lipinski definition) is 4. The predicted molar refractivity (Wildman–Crippen MR) is 91.7 cm³/mol. The molecule has 24 heavy (non-hydrogen) atoms. The fraction of sp³-hybridized carbons (Fsp3) is 0.941. The molecule has 0 heterocycles. The van der Waals surface area contributed by atoms with Gasteiger partial charge in [-0.15, -0.1) is 0 Å². The molecule has 1 aliphatic carbocycles. The lowest BCUT2D eigenvalue weighted by molar-refractivity contribution is 0.0924. The van der Waals surface area contributed by atoms with E-state index in [0.29, 0.717) is 25.0 Å². The number of aliphatic hydroxyl groups excluding tert-OH is 4.